The molecule has 0 spiro atoms. The van der Waals surface area contributed by atoms with Gasteiger partial charge in [-0.2, -0.15) is 5.10 Å². The number of amides is 2. The minimum absolute atomic E-state index is 0.118. The molecule has 1 atom stereocenters. The maximum absolute atomic E-state index is 12.4. The van der Waals surface area contributed by atoms with Crippen molar-refractivity contribution in [3.63, 3.8) is 0 Å². The zero-order valence-corrected chi connectivity index (χ0v) is 16.3. The van der Waals surface area contributed by atoms with E-state index in [1.54, 1.807) is 20.9 Å². The number of hydrogen-bond donors (Lipinski definition) is 2. The van der Waals surface area contributed by atoms with E-state index in [1.807, 2.05) is 12.3 Å². The fourth-order valence-corrected chi connectivity index (χ4v) is 3.20. The largest absolute Gasteiger partial charge is 0.461 e. The van der Waals surface area contributed by atoms with Crippen molar-refractivity contribution >= 4 is 17.8 Å². The molecule has 28 heavy (non-hydrogen) atoms. The Labute approximate surface area is 163 Å². The molecule has 0 aliphatic carbocycles. The lowest BCUT2D eigenvalue weighted by Crippen LogP contribution is -2.41. The molecule has 0 aromatic carbocycles. The van der Waals surface area contributed by atoms with E-state index in [0.717, 1.165) is 19.4 Å². The Kier molecular flexibility index (Phi) is 5.81. The molecule has 1 aliphatic rings. The Balaban J connectivity index is 1.52. The SMILES string of the molecule is CCOC(=O)c1cc(C(=O)NC(C)CNC(=O)c2cc3n(c2)CCC3)nn1C. The van der Waals surface area contributed by atoms with Crippen LogP contribution in [0.4, 0.5) is 0 Å². The van der Waals surface area contributed by atoms with Crippen LogP contribution in [0.25, 0.3) is 0 Å². The first kappa shape index (κ1) is 19.7. The molecule has 0 radical (unpaired) electrons. The van der Waals surface area contributed by atoms with E-state index in [1.165, 1.54) is 16.4 Å². The molecule has 2 aromatic rings. The topological polar surface area (TPSA) is 107 Å². The molecule has 9 nitrogen and oxygen atoms in total. The second-order valence-corrected chi connectivity index (χ2v) is 6.86. The highest BCUT2D eigenvalue weighted by molar-refractivity contribution is 5.96. The van der Waals surface area contributed by atoms with Gasteiger partial charge in [0, 0.05) is 44.1 Å². The second kappa shape index (κ2) is 8.28. The van der Waals surface area contributed by atoms with Gasteiger partial charge in [0.1, 0.15) is 5.69 Å². The zero-order valence-electron chi connectivity index (χ0n) is 16.3. The van der Waals surface area contributed by atoms with Crippen molar-refractivity contribution in [1.82, 2.24) is 25.0 Å². The van der Waals surface area contributed by atoms with Gasteiger partial charge in [0.15, 0.2) is 5.69 Å². The quantitative estimate of drug-likeness (QED) is 0.686. The summed E-state index contributed by atoms with van der Waals surface area (Å²) in [4.78, 5) is 36.5. The molecule has 2 aromatic heterocycles. The number of ether oxygens (including phenoxy) is 1. The van der Waals surface area contributed by atoms with Crippen LogP contribution in [0.15, 0.2) is 18.3 Å². The minimum Gasteiger partial charge on any atom is -0.461 e. The Morgan fingerprint density at radius 1 is 1.29 bits per heavy atom. The molecule has 3 heterocycles. The van der Waals surface area contributed by atoms with Crippen molar-refractivity contribution < 1.29 is 19.1 Å². The predicted octanol–water partition coefficient (Wildman–Crippen LogP) is 0.893. The highest BCUT2D eigenvalue weighted by Gasteiger charge is 2.20. The molecule has 0 saturated heterocycles. The molecule has 0 saturated carbocycles. The van der Waals surface area contributed by atoms with Gasteiger partial charge in [0.2, 0.25) is 0 Å². The lowest BCUT2D eigenvalue weighted by atomic mass is 10.2. The Bertz CT molecular complexity index is 877. The molecule has 1 aliphatic heterocycles. The van der Waals surface area contributed by atoms with Gasteiger partial charge in [-0.1, -0.05) is 0 Å². The van der Waals surface area contributed by atoms with Gasteiger partial charge in [0.05, 0.1) is 12.2 Å². The summed E-state index contributed by atoms with van der Waals surface area (Å²) in [6, 6.07) is 3.00. The summed E-state index contributed by atoms with van der Waals surface area (Å²) >= 11 is 0. The molecule has 150 valence electrons. The minimum atomic E-state index is -0.531. The number of aryl methyl sites for hydroxylation is 3. The highest BCUT2D eigenvalue weighted by Crippen LogP contribution is 2.18. The third-order valence-electron chi connectivity index (χ3n) is 4.62. The molecule has 1 unspecified atom stereocenters. The third-order valence-corrected chi connectivity index (χ3v) is 4.62. The molecule has 9 heteroatoms. The van der Waals surface area contributed by atoms with Crippen LogP contribution in [0.3, 0.4) is 0 Å². The van der Waals surface area contributed by atoms with Crippen LogP contribution in [0, 0.1) is 0 Å². The first-order valence-corrected chi connectivity index (χ1v) is 9.38. The van der Waals surface area contributed by atoms with Gasteiger partial charge < -0.3 is 19.9 Å². The van der Waals surface area contributed by atoms with E-state index in [0.29, 0.717) is 5.56 Å². The maximum Gasteiger partial charge on any atom is 0.356 e. The lowest BCUT2D eigenvalue weighted by Gasteiger charge is -2.13. The number of carbonyl (C=O) groups excluding carboxylic acids is 3. The summed E-state index contributed by atoms with van der Waals surface area (Å²) in [5.74, 6) is -1.11. The van der Waals surface area contributed by atoms with Crippen molar-refractivity contribution in [3.05, 3.63) is 41.0 Å². The Morgan fingerprint density at radius 2 is 2.07 bits per heavy atom. The smallest absolute Gasteiger partial charge is 0.356 e. The number of nitrogens with zero attached hydrogens (tertiary/aromatic N) is 3. The zero-order chi connectivity index (χ0) is 20.3. The van der Waals surface area contributed by atoms with Crippen LogP contribution in [-0.4, -0.2) is 51.3 Å². The Hall–Kier alpha value is -3.10. The van der Waals surface area contributed by atoms with Crippen molar-refractivity contribution in [2.75, 3.05) is 13.2 Å². The fourth-order valence-electron chi connectivity index (χ4n) is 3.20. The van der Waals surface area contributed by atoms with Gasteiger partial charge in [-0.15, -0.1) is 0 Å². The van der Waals surface area contributed by atoms with E-state index in [4.69, 9.17) is 4.74 Å². The average molecular weight is 387 g/mol. The van der Waals surface area contributed by atoms with Gasteiger partial charge in [-0.05, 0) is 32.8 Å². The summed E-state index contributed by atoms with van der Waals surface area (Å²) in [7, 11) is 1.57. The first-order valence-electron chi connectivity index (χ1n) is 9.38. The lowest BCUT2D eigenvalue weighted by molar-refractivity contribution is 0.0513. The number of nitrogens with one attached hydrogen (secondary N) is 2. The number of hydrogen-bond acceptors (Lipinski definition) is 5. The molecular formula is C19H25N5O4. The van der Waals surface area contributed by atoms with Crippen molar-refractivity contribution in [1.29, 1.82) is 0 Å². The fraction of sp³-hybridized carbons (Fsp3) is 0.474. The van der Waals surface area contributed by atoms with E-state index < -0.39 is 11.9 Å². The molecule has 0 bridgehead atoms. The summed E-state index contributed by atoms with van der Waals surface area (Å²) in [6.07, 6.45) is 3.98. The predicted molar refractivity (Wildman–Crippen MR) is 101 cm³/mol. The number of fused-ring (bicyclic) bond motifs is 1. The first-order chi connectivity index (χ1) is 13.4. The molecule has 0 fully saturated rings. The van der Waals surface area contributed by atoms with Crippen LogP contribution >= 0.6 is 0 Å². The number of carbonyl (C=O) groups is 3. The summed E-state index contributed by atoms with van der Waals surface area (Å²) < 4.78 is 8.34. The van der Waals surface area contributed by atoms with Gasteiger partial charge in [0.25, 0.3) is 11.8 Å². The average Bonchev–Trinajstić information content (AvgIpc) is 3.34. The van der Waals surface area contributed by atoms with Crippen LogP contribution in [-0.2, 0) is 24.8 Å². The van der Waals surface area contributed by atoms with Crippen LogP contribution in [0.2, 0.25) is 0 Å². The van der Waals surface area contributed by atoms with Gasteiger partial charge in [-0.3, -0.25) is 14.3 Å². The Morgan fingerprint density at radius 3 is 2.79 bits per heavy atom. The molecule has 3 rings (SSSR count). The third kappa shape index (κ3) is 4.24. The molecule has 2 amide bonds. The molecule has 2 N–H and O–H groups in total. The maximum atomic E-state index is 12.4. The van der Waals surface area contributed by atoms with Gasteiger partial charge >= 0.3 is 5.97 Å². The number of aromatic nitrogens is 3. The van der Waals surface area contributed by atoms with E-state index >= 15 is 0 Å². The monoisotopic (exact) mass is 387 g/mol. The van der Waals surface area contributed by atoms with Gasteiger partial charge in [-0.25, -0.2) is 4.79 Å². The summed E-state index contributed by atoms with van der Waals surface area (Å²) in [5.41, 5.74) is 2.14. The highest BCUT2D eigenvalue weighted by atomic mass is 16.5. The van der Waals surface area contributed by atoms with Crippen molar-refractivity contribution in [2.45, 2.75) is 39.3 Å². The second-order valence-electron chi connectivity index (χ2n) is 6.86. The standard InChI is InChI=1S/C19H25N5O4/c1-4-28-19(27)16-9-15(22-23(16)3)18(26)21-12(2)10-20-17(25)13-8-14-6-5-7-24(14)11-13/h8-9,11-12H,4-7,10H2,1-3H3,(H,20,25)(H,21,26). The van der Waals surface area contributed by atoms with Crippen molar-refractivity contribution in [2.24, 2.45) is 7.05 Å². The summed E-state index contributed by atoms with van der Waals surface area (Å²) in [6.45, 7) is 4.97. The van der Waals surface area contributed by atoms with E-state index in [9.17, 15) is 14.4 Å². The summed E-state index contributed by atoms with van der Waals surface area (Å²) in [5, 5.41) is 9.65. The van der Waals surface area contributed by atoms with E-state index in [2.05, 4.69) is 20.3 Å². The van der Waals surface area contributed by atoms with Crippen LogP contribution in [0.1, 0.15) is 57.3 Å². The van der Waals surface area contributed by atoms with Crippen molar-refractivity contribution in [3.8, 4) is 0 Å². The van der Waals surface area contributed by atoms with Crippen LogP contribution in [0.5, 0.6) is 0 Å². The van der Waals surface area contributed by atoms with Crippen LogP contribution < -0.4 is 10.6 Å². The van der Waals surface area contributed by atoms with E-state index in [-0.39, 0.29) is 36.5 Å². The number of esters is 1. The molecular weight excluding hydrogens is 362 g/mol. The normalized spacial score (nSPS) is 13.7. The number of rotatable bonds is 7.